The number of aromatic amines is 1. The molecule has 6 nitrogen and oxygen atoms in total. The minimum Gasteiger partial charge on any atom is -0.490 e. The molecule has 1 fully saturated rings. The van der Waals surface area contributed by atoms with E-state index in [1.165, 1.54) is 24.3 Å². The van der Waals surface area contributed by atoms with Crippen molar-refractivity contribution in [2.75, 3.05) is 19.8 Å². The Morgan fingerprint density at radius 1 is 1.00 bits per heavy atom. The van der Waals surface area contributed by atoms with Gasteiger partial charge in [-0.05, 0) is 72.1 Å². The fraction of sp³-hybridized carbons (Fsp3) is 0.276. The summed E-state index contributed by atoms with van der Waals surface area (Å²) in [5.74, 6) is 0.690. The molecule has 0 aliphatic carbocycles. The number of nitrogens with zero attached hydrogens (tertiary/aromatic N) is 1. The Kier molecular flexibility index (Phi) is 6.49. The lowest BCUT2D eigenvalue weighted by molar-refractivity contribution is 0.0255. The smallest absolute Gasteiger partial charge is 0.416 e. The van der Waals surface area contributed by atoms with E-state index in [1.807, 2.05) is 42.5 Å². The first-order valence-corrected chi connectivity index (χ1v) is 12.8. The quantitative estimate of drug-likeness (QED) is 0.326. The standard InChI is InChI=1S/C29H26ClFN2O4/c30-19-3-10-26-25(17-19)24-11-14-33(29(34)37-22-8-4-20(31)5-9-22)28(27(24)32-26)18-1-6-21(7-2-18)36-23-12-15-35-16-13-23/h1-10,17,23,28,32H,11-16H2/t28-/m0/s1. The van der Waals surface area contributed by atoms with E-state index >= 15 is 0 Å². The van der Waals surface area contributed by atoms with Crippen LogP contribution in [-0.2, 0) is 11.2 Å². The van der Waals surface area contributed by atoms with Crippen LogP contribution >= 0.6 is 11.6 Å². The molecule has 0 spiro atoms. The molecule has 6 rings (SSSR count). The number of amides is 1. The van der Waals surface area contributed by atoms with Crippen LogP contribution in [0.2, 0.25) is 5.02 Å². The van der Waals surface area contributed by atoms with Gasteiger partial charge in [0.1, 0.15) is 29.5 Å². The molecule has 1 N–H and O–H groups in total. The molecule has 2 aliphatic rings. The van der Waals surface area contributed by atoms with Gasteiger partial charge in [0.25, 0.3) is 0 Å². The van der Waals surface area contributed by atoms with Crippen molar-refractivity contribution in [2.45, 2.75) is 31.4 Å². The van der Waals surface area contributed by atoms with Gasteiger partial charge in [-0.1, -0.05) is 23.7 Å². The third-order valence-corrected chi connectivity index (χ3v) is 7.24. The molecule has 1 aromatic heterocycles. The lowest BCUT2D eigenvalue weighted by Gasteiger charge is -2.35. The normalized spacial score (nSPS) is 18.0. The van der Waals surface area contributed by atoms with Crippen LogP contribution in [0.25, 0.3) is 10.9 Å². The zero-order valence-corrected chi connectivity index (χ0v) is 20.8. The molecule has 1 saturated heterocycles. The van der Waals surface area contributed by atoms with E-state index in [0.717, 1.165) is 46.3 Å². The third-order valence-electron chi connectivity index (χ3n) is 7.01. The van der Waals surface area contributed by atoms with Crippen LogP contribution in [-0.4, -0.2) is 41.8 Å². The van der Waals surface area contributed by atoms with Gasteiger partial charge in [-0.3, -0.25) is 4.90 Å². The Morgan fingerprint density at radius 3 is 2.49 bits per heavy atom. The topological polar surface area (TPSA) is 63.8 Å². The lowest BCUT2D eigenvalue weighted by atomic mass is 9.92. The fourth-order valence-corrected chi connectivity index (χ4v) is 5.35. The number of ether oxygens (including phenoxy) is 3. The van der Waals surface area contributed by atoms with Crippen LogP contribution in [0.1, 0.15) is 35.7 Å². The van der Waals surface area contributed by atoms with E-state index in [0.29, 0.717) is 37.0 Å². The minimum atomic E-state index is -0.499. The van der Waals surface area contributed by atoms with Crippen molar-refractivity contribution in [1.29, 1.82) is 0 Å². The van der Waals surface area contributed by atoms with Gasteiger partial charge < -0.3 is 19.2 Å². The largest absolute Gasteiger partial charge is 0.490 e. The Hall–Kier alpha value is -3.55. The predicted octanol–water partition coefficient (Wildman–Crippen LogP) is 6.66. The zero-order chi connectivity index (χ0) is 25.4. The maximum Gasteiger partial charge on any atom is 0.416 e. The Bertz CT molecular complexity index is 1410. The molecule has 0 radical (unpaired) electrons. The second-order valence-electron chi connectivity index (χ2n) is 9.37. The summed E-state index contributed by atoms with van der Waals surface area (Å²) in [6.07, 6.45) is 2.03. The van der Waals surface area contributed by atoms with Gasteiger partial charge >= 0.3 is 6.09 Å². The average molecular weight is 521 g/mol. The summed E-state index contributed by atoms with van der Waals surface area (Å²) < 4.78 is 30.6. The second kappa shape index (κ2) is 10.1. The van der Waals surface area contributed by atoms with E-state index in [1.54, 1.807) is 4.90 Å². The number of fused-ring (bicyclic) bond motifs is 3. The van der Waals surface area contributed by atoms with E-state index in [4.69, 9.17) is 25.8 Å². The first-order chi connectivity index (χ1) is 18.0. The molecule has 1 atom stereocenters. The van der Waals surface area contributed by atoms with Crippen molar-refractivity contribution in [3.05, 3.63) is 94.4 Å². The SMILES string of the molecule is O=C(Oc1ccc(F)cc1)N1CCc2c([nH]c3ccc(Cl)cc23)[C@@H]1c1ccc(OC2CCOCC2)cc1. The Labute approximate surface area is 218 Å². The maximum atomic E-state index is 13.4. The van der Waals surface area contributed by atoms with Crippen LogP contribution in [0, 0.1) is 5.82 Å². The number of carbonyl (C=O) groups excluding carboxylic acids is 1. The van der Waals surface area contributed by atoms with Gasteiger partial charge in [-0.2, -0.15) is 0 Å². The number of halogens is 2. The van der Waals surface area contributed by atoms with Gasteiger partial charge in [-0.25, -0.2) is 9.18 Å². The first-order valence-electron chi connectivity index (χ1n) is 12.4. The van der Waals surface area contributed by atoms with Crippen molar-refractivity contribution in [3.63, 3.8) is 0 Å². The molecular weight excluding hydrogens is 495 g/mol. The summed E-state index contributed by atoms with van der Waals surface area (Å²) in [5, 5.41) is 1.72. The molecule has 0 bridgehead atoms. The number of benzene rings is 3. The number of hydrogen-bond acceptors (Lipinski definition) is 4. The van der Waals surface area contributed by atoms with E-state index in [2.05, 4.69) is 4.98 Å². The molecule has 37 heavy (non-hydrogen) atoms. The number of carbonyl (C=O) groups is 1. The number of rotatable bonds is 4. The van der Waals surface area contributed by atoms with Crippen LogP contribution in [0.3, 0.4) is 0 Å². The summed E-state index contributed by atoms with van der Waals surface area (Å²) in [4.78, 5) is 18.6. The van der Waals surface area contributed by atoms with Crippen LogP contribution in [0.4, 0.5) is 9.18 Å². The van der Waals surface area contributed by atoms with Crippen LogP contribution in [0.15, 0.2) is 66.7 Å². The highest BCUT2D eigenvalue weighted by Gasteiger charge is 2.36. The zero-order valence-electron chi connectivity index (χ0n) is 20.1. The highest BCUT2D eigenvalue weighted by Crippen LogP contribution is 2.40. The summed E-state index contributed by atoms with van der Waals surface area (Å²) in [5.41, 5.74) is 3.95. The summed E-state index contributed by atoms with van der Waals surface area (Å²) in [6.45, 7) is 1.88. The molecule has 1 amide bonds. The van der Waals surface area contributed by atoms with Crippen molar-refractivity contribution >= 4 is 28.6 Å². The van der Waals surface area contributed by atoms with Crippen molar-refractivity contribution in [1.82, 2.24) is 9.88 Å². The summed E-state index contributed by atoms with van der Waals surface area (Å²) in [6, 6.07) is 18.7. The summed E-state index contributed by atoms with van der Waals surface area (Å²) >= 11 is 6.30. The first kappa shape index (κ1) is 23.8. The number of aromatic nitrogens is 1. The monoisotopic (exact) mass is 520 g/mol. The molecular formula is C29H26ClFN2O4. The highest BCUT2D eigenvalue weighted by molar-refractivity contribution is 6.31. The summed E-state index contributed by atoms with van der Waals surface area (Å²) in [7, 11) is 0. The van der Waals surface area contributed by atoms with Gasteiger partial charge in [0, 0.05) is 41.0 Å². The minimum absolute atomic E-state index is 0.140. The van der Waals surface area contributed by atoms with Crippen molar-refractivity contribution < 1.29 is 23.4 Å². The molecule has 4 aromatic rings. The van der Waals surface area contributed by atoms with Gasteiger partial charge in [0.2, 0.25) is 0 Å². The molecule has 190 valence electrons. The Balaban J connectivity index is 1.34. The highest BCUT2D eigenvalue weighted by atomic mass is 35.5. The molecule has 0 unspecified atom stereocenters. The molecule has 0 saturated carbocycles. The number of nitrogens with one attached hydrogen (secondary N) is 1. The molecule has 8 heteroatoms. The van der Waals surface area contributed by atoms with Crippen molar-refractivity contribution in [3.8, 4) is 11.5 Å². The predicted molar refractivity (Wildman–Crippen MR) is 139 cm³/mol. The number of H-pyrrole nitrogens is 1. The van der Waals surface area contributed by atoms with E-state index < -0.39 is 12.1 Å². The van der Waals surface area contributed by atoms with Crippen molar-refractivity contribution in [2.24, 2.45) is 0 Å². The van der Waals surface area contributed by atoms with Gasteiger partial charge in [0.15, 0.2) is 0 Å². The molecule has 3 heterocycles. The average Bonchev–Trinajstić information content (AvgIpc) is 3.28. The maximum absolute atomic E-state index is 13.4. The van der Waals surface area contributed by atoms with Crippen LogP contribution < -0.4 is 9.47 Å². The number of hydrogen-bond donors (Lipinski definition) is 1. The van der Waals surface area contributed by atoms with E-state index in [9.17, 15) is 9.18 Å². The fourth-order valence-electron chi connectivity index (χ4n) is 5.18. The molecule has 3 aromatic carbocycles. The van der Waals surface area contributed by atoms with Gasteiger partial charge in [-0.15, -0.1) is 0 Å². The molecule has 2 aliphatic heterocycles. The van der Waals surface area contributed by atoms with E-state index in [-0.39, 0.29) is 11.9 Å². The van der Waals surface area contributed by atoms with Gasteiger partial charge in [0.05, 0.1) is 13.2 Å². The third kappa shape index (κ3) is 4.89. The second-order valence-corrected chi connectivity index (χ2v) is 9.81. The lowest BCUT2D eigenvalue weighted by Crippen LogP contribution is -2.42. The Morgan fingerprint density at radius 2 is 1.73 bits per heavy atom. The van der Waals surface area contributed by atoms with Crippen LogP contribution in [0.5, 0.6) is 11.5 Å².